The van der Waals surface area contributed by atoms with E-state index in [1.54, 1.807) is 31.2 Å². The highest BCUT2D eigenvalue weighted by atomic mass is 16.2. The van der Waals surface area contributed by atoms with Gasteiger partial charge in [0.05, 0.1) is 0 Å². The lowest BCUT2D eigenvalue weighted by Gasteiger charge is -1.89. The van der Waals surface area contributed by atoms with Crippen molar-refractivity contribution in [3.05, 3.63) is 29.8 Å². The largest absolute Gasteiger partial charge is 0.399 e. The predicted molar refractivity (Wildman–Crippen MR) is 49.0 cm³/mol. The molecule has 1 aromatic carbocycles. The van der Waals surface area contributed by atoms with Gasteiger partial charge in [-0.05, 0) is 31.2 Å². The number of hydrogen-bond donors (Lipinski definition) is 2. The van der Waals surface area contributed by atoms with E-state index in [4.69, 9.17) is 10.8 Å². The van der Waals surface area contributed by atoms with Gasteiger partial charge in [0.1, 0.15) is 6.29 Å². The average molecular weight is 167 g/mol. The number of nitrogen functional groups attached to an aromatic ring is 1. The fraction of sp³-hybridized carbons (Fsp3) is 0.222. The highest BCUT2D eigenvalue weighted by Gasteiger charge is 1.85. The molecule has 0 spiro atoms. The maximum Gasteiger partial charge on any atom is 0.150 e. The van der Waals surface area contributed by atoms with Gasteiger partial charge >= 0.3 is 0 Å². The second-order valence-electron chi connectivity index (χ2n) is 2.10. The summed E-state index contributed by atoms with van der Waals surface area (Å²) in [6, 6.07) is 6.76. The summed E-state index contributed by atoms with van der Waals surface area (Å²) < 4.78 is 0. The van der Waals surface area contributed by atoms with Crippen LogP contribution in [0.1, 0.15) is 17.3 Å². The van der Waals surface area contributed by atoms with E-state index in [9.17, 15) is 4.79 Å². The molecule has 0 bridgehead atoms. The van der Waals surface area contributed by atoms with Gasteiger partial charge in [-0.15, -0.1) is 0 Å². The summed E-state index contributed by atoms with van der Waals surface area (Å²) in [6.07, 6.45) is 0.791. The second-order valence-corrected chi connectivity index (χ2v) is 2.10. The Morgan fingerprint density at radius 3 is 2.17 bits per heavy atom. The van der Waals surface area contributed by atoms with E-state index in [1.165, 1.54) is 0 Å². The van der Waals surface area contributed by atoms with Gasteiger partial charge in [0.2, 0.25) is 0 Å². The number of benzene rings is 1. The molecule has 12 heavy (non-hydrogen) atoms. The average Bonchev–Trinajstić information content (AvgIpc) is 2.07. The molecule has 3 nitrogen and oxygen atoms in total. The number of anilines is 1. The van der Waals surface area contributed by atoms with Crippen molar-refractivity contribution in [1.29, 1.82) is 0 Å². The van der Waals surface area contributed by atoms with Crippen LogP contribution in [0, 0.1) is 0 Å². The number of aliphatic hydroxyl groups excluding tert-OH is 1. The van der Waals surface area contributed by atoms with Crippen molar-refractivity contribution >= 4 is 12.0 Å². The van der Waals surface area contributed by atoms with Crippen LogP contribution in [-0.2, 0) is 0 Å². The van der Waals surface area contributed by atoms with E-state index in [0.717, 1.165) is 6.29 Å². The summed E-state index contributed by atoms with van der Waals surface area (Å²) in [7, 11) is 0. The number of carbonyl (C=O) groups is 1. The summed E-state index contributed by atoms with van der Waals surface area (Å²) in [6.45, 7) is 1.93. The lowest BCUT2D eigenvalue weighted by atomic mass is 10.2. The van der Waals surface area contributed by atoms with Crippen molar-refractivity contribution in [2.75, 3.05) is 12.3 Å². The van der Waals surface area contributed by atoms with Crippen LogP contribution in [0.2, 0.25) is 0 Å². The Morgan fingerprint density at radius 2 is 1.83 bits per heavy atom. The molecule has 0 saturated carbocycles. The molecule has 0 atom stereocenters. The second kappa shape index (κ2) is 6.37. The van der Waals surface area contributed by atoms with Crippen molar-refractivity contribution < 1.29 is 9.90 Å². The first kappa shape index (κ1) is 10.7. The molecule has 0 aliphatic carbocycles. The van der Waals surface area contributed by atoms with Crippen LogP contribution < -0.4 is 5.73 Å². The van der Waals surface area contributed by atoms with Gasteiger partial charge < -0.3 is 10.8 Å². The Hall–Kier alpha value is -1.35. The van der Waals surface area contributed by atoms with Crippen LogP contribution in [0.15, 0.2) is 24.3 Å². The summed E-state index contributed by atoms with van der Waals surface area (Å²) >= 11 is 0. The third kappa shape index (κ3) is 4.46. The minimum Gasteiger partial charge on any atom is -0.399 e. The van der Waals surface area contributed by atoms with Gasteiger partial charge in [-0.2, -0.15) is 0 Å². The lowest BCUT2D eigenvalue weighted by Crippen LogP contribution is -1.84. The number of aldehydes is 1. The van der Waals surface area contributed by atoms with Crippen LogP contribution >= 0.6 is 0 Å². The molecule has 0 fully saturated rings. The van der Waals surface area contributed by atoms with Crippen LogP contribution in [0.5, 0.6) is 0 Å². The number of carbonyl (C=O) groups excluding carboxylic acids is 1. The summed E-state index contributed by atoms with van der Waals surface area (Å²) in [4.78, 5) is 10.1. The molecular formula is C9H13NO2. The molecule has 0 unspecified atom stereocenters. The van der Waals surface area contributed by atoms with Gasteiger partial charge in [-0.25, -0.2) is 0 Å². The third-order valence-corrected chi connectivity index (χ3v) is 1.07. The Labute approximate surface area is 71.8 Å². The van der Waals surface area contributed by atoms with Gasteiger partial charge in [0.25, 0.3) is 0 Å². The molecule has 0 radical (unpaired) electrons. The lowest BCUT2D eigenvalue weighted by molar-refractivity contribution is 0.112. The van der Waals surface area contributed by atoms with Crippen LogP contribution in [0.3, 0.4) is 0 Å². The maximum atomic E-state index is 10.1. The van der Waals surface area contributed by atoms with Crippen LogP contribution in [-0.4, -0.2) is 18.0 Å². The highest BCUT2D eigenvalue weighted by Crippen LogP contribution is 2.01. The van der Waals surface area contributed by atoms with E-state index < -0.39 is 0 Å². The number of rotatable bonds is 1. The molecule has 66 valence electrons. The van der Waals surface area contributed by atoms with Crippen molar-refractivity contribution in [1.82, 2.24) is 0 Å². The monoisotopic (exact) mass is 167 g/mol. The van der Waals surface area contributed by atoms with Gasteiger partial charge in [0.15, 0.2) is 0 Å². The predicted octanol–water partition coefficient (Wildman–Crippen LogP) is 1.08. The molecule has 0 aromatic heterocycles. The minimum atomic E-state index is 0.250. The van der Waals surface area contributed by atoms with Gasteiger partial charge in [-0.3, -0.25) is 4.79 Å². The van der Waals surface area contributed by atoms with E-state index in [1.807, 2.05) is 0 Å². The number of nitrogens with two attached hydrogens (primary N) is 1. The third-order valence-electron chi connectivity index (χ3n) is 1.07. The molecule has 0 heterocycles. The quantitative estimate of drug-likeness (QED) is 0.486. The van der Waals surface area contributed by atoms with E-state index in [-0.39, 0.29) is 6.61 Å². The molecule has 0 saturated heterocycles. The van der Waals surface area contributed by atoms with Gasteiger partial charge in [-0.1, -0.05) is 0 Å². The first-order valence-corrected chi connectivity index (χ1v) is 3.66. The Bertz CT molecular complexity index is 218. The topological polar surface area (TPSA) is 63.3 Å². The van der Waals surface area contributed by atoms with E-state index >= 15 is 0 Å². The van der Waals surface area contributed by atoms with Crippen LogP contribution in [0.4, 0.5) is 5.69 Å². The SMILES string of the molecule is CCO.Nc1ccc(C=O)cc1. The zero-order valence-corrected chi connectivity index (χ0v) is 7.03. The van der Waals surface area contributed by atoms with Crippen molar-refractivity contribution in [2.45, 2.75) is 6.92 Å². The minimum absolute atomic E-state index is 0.250. The molecule has 0 aliphatic rings. The zero-order chi connectivity index (χ0) is 9.40. The number of aliphatic hydroxyl groups is 1. The Kier molecular flexibility index (Phi) is 5.65. The Balaban J connectivity index is 0.000000354. The van der Waals surface area contributed by atoms with Crippen molar-refractivity contribution in [2.24, 2.45) is 0 Å². The molecular weight excluding hydrogens is 154 g/mol. The molecule has 0 aliphatic heterocycles. The fourth-order valence-electron chi connectivity index (χ4n) is 0.575. The van der Waals surface area contributed by atoms with E-state index in [2.05, 4.69) is 0 Å². The first-order valence-electron chi connectivity index (χ1n) is 3.66. The van der Waals surface area contributed by atoms with Crippen molar-refractivity contribution in [3.63, 3.8) is 0 Å². The molecule has 3 heteroatoms. The fourth-order valence-corrected chi connectivity index (χ4v) is 0.575. The summed E-state index contributed by atoms with van der Waals surface area (Å²) in [5.74, 6) is 0. The standard InChI is InChI=1S/C7H7NO.C2H6O/c8-7-3-1-6(5-9)2-4-7;1-2-3/h1-5H,8H2;3H,2H2,1H3. The van der Waals surface area contributed by atoms with E-state index in [0.29, 0.717) is 11.3 Å². The first-order chi connectivity index (χ1) is 5.74. The van der Waals surface area contributed by atoms with Crippen molar-refractivity contribution in [3.8, 4) is 0 Å². The molecule has 0 amide bonds. The smallest absolute Gasteiger partial charge is 0.150 e. The normalized spacial score (nSPS) is 8.17. The summed E-state index contributed by atoms with van der Waals surface area (Å²) in [5.41, 5.74) is 6.70. The molecule has 3 N–H and O–H groups in total. The highest BCUT2D eigenvalue weighted by molar-refractivity contribution is 5.75. The number of hydrogen-bond acceptors (Lipinski definition) is 3. The molecule has 1 aromatic rings. The van der Waals surface area contributed by atoms with Crippen LogP contribution in [0.25, 0.3) is 0 Å². The molecule has 1 rings (SSSR count). The summed E-state index contributed by atoms with van der Waals surface area (Å²) in [5, 5.41) is 7.57. The Morgan fingerprint density at radius 1 is 1.42 bits per heavy atom. The maximum absolute atomic E-state index is 10.1. The van der Waals surface area contributed by atoms with Gasteiger partial charge in [0, 0.05) is 17.9 Å². The zero-order valence-electron chi connectivity index (χ0n) is 7.03.